The summed E-state index contributed by atoms with van der Waals surface area (Å²) >= 11 is 3.41. The van der Waals surface area contributed by atoms with Crippen LogP contribution in [0.4, 0.5) is 0 Å². The predicted octanol–water partition coefficient (Wildman–Crippen LogP) is 4.89. The van der Waals surface area contributed by atoms with Crippen molar-refractivity contribution in [2.24, 2.45) is 0 Å². The van der Waals surface area contributed by atoms with Gasteiger partial charge in [-0.15, -0.1) is 21.5 Å². The molecule has 1 aliphatic carbocycles. The third-order valence-electron chi connectivity index (χ3n) is 4.50. The second-order valence-corrected chi connectivity index (χ2v) is 8.31. The molecule has 26 heavy (non-hydrogen) atoms. The molecule has 0 amide bonds. The van der Waals surface area contributed by atoms with Gasteiger partial charge in [0.2, 0.25) is 0 Å². The minimum Gasteiger partial charge on any atom is -0.298 e. The van der Waals surface area contributed by atoms with Gasteiger partial charge in [0.25, 0.3) is 0 Å². The molecule has 1 aliphatic rings. The van der Waals surface area contributed by atoms with Gasteiger partial charge in [0.1, 0.15) is 0 Å². The van der Waals surface area contributed by atoms with Crippen LogP contribution in [-0.2, 0) is 5.75 Å². The maximum Gasteiger partial charge on any atom is 0.192 e. The van der Waals surface area contributed by atoms with Gasteiger partial charge in [0.15, 0.2) is 11.0 Å². The molecule has 3 aromatic heterocycles. The summed E-state index contributed by atoms with van der Waals surface area (Å²) in [6.07, 6.45) is 2.41. The highest BCUT2D eigenvalue weighted by Crippen LogP contribution is 2.42. The van der Waals surface area contributed by atoms with Crippen molar-refractivity contribution in [1.82, 2.24) is 24.7 Å². The number of nitrogens with zero attached hydrogens (tertiary/aromatic N) is 5. The SMILES string of the molecule is Cc1nc2ccccc2nc1CSc1nnc(-c2cccs2)n1C1CC1. The van der Waals surface area contributed by atoms with Crippen LogP contribution in [-0.4, -0.2) is 24.7 Å². The lowest BCUT2D eigenvalue weighted by Crippen LogP contribution is -2.01. The molecule has 130 valence electrons. The maximum absolute atomic E-state index is 4.80. The molecule has 1 aromatic carbocycles. The lowest BCUT2D eigenvalue weighted by atomic mass is 10.2. The zero-order valence-corrected chi connectivity index (χ0v) is 15.9. The second kappa shape index (κ2) is 6.48. The van der Waals surface area contributed by atoms with E-state index in [1.807, 2.05) is 31.2 Å². The molecule has 0 radical (unpaired) electrons. The third-order valence-corrected chi connectivity index (χ3v) is 6.32. The van der Waals surface area contributed by atoms with Crippen LogP contribution in [0.1, 0.15) is 30.3 Å². The van der Waals surface area contributed by atoms with Crippen LogP contribution in [0, 0.1) is 6.92 Å². The van der Waals surface area contributed by atoms with E-state index in [0.717, 1.165) is 39.2 Å². The van der Waals surface area contributed by atoms with Crippen molar-refractivity contribution < 1.29 is 0 Å². The molecule has 4 aromatic rings. The average Bonchev–Trinajstić information content (AvgIpc) is 3.18. The molecule has 0 bridgehead atoms. The smallest absolute Gasteiger partial charge is 0.192 e. The van der Waals surface area contributed by atoms with Gasteiger partial charge in [0, 0.05) is 11.8 Å². The Hall–Kier alpha value is -2.25. The Morgan fingerprint density at radius 1 is 1.08 bits per heavy atom. The first-order valence-electron chi connectivity index (χ1n) is 8.63. The summed E-state index contributed by atoms with van der Waals surface area (Å²) in [4.78, 5) is 10.7. The molecule has 7 heteroatoms. The van der Waals surface area contributed by atoms with Crippen molar-refractivity contribution in [3.05, 3.63) is 53.2 Å². The average molecular weight is 380 g/mol. The Labute approximate surface area is 159 Å². The number of hydrogen-bond acceptors (Lipinski definition) is 6. The molecule has 0 spiro atoms. The van der Waals surface area contributed by atoms with Gasteiger partial charge in [-0.3, -0.25) is 4.57 Å². The largest absolute Gasteiger partial charge is 0.298 e. The van der Waals surface area contributed by atoms with Crippen molar-refractivity contribution in [3.8, 4) is 10.7 Å². The van der Waals surface area contributed by atoms with Crippen molar-refractivity contribution >= 4 is 34.1 Å². The maximum atomic E-state index is 4.80. The van der Waals surface area contributed by atoms with E-state index in [9.17, 15) is 0 Å². The fourth-order valence-electron chi connectivity index (χ4n) is 3.01. The topological polar surface area (TPSA) is 56.5 Å². The number of fused-ring (bicyclic) bond motifs is 1. The number of hydrogen-bond donors (Lipinski definition) is 0. The highest BCUT2D eigenvalue weighted by Gasteiger charge is 2.30. The number of aromatic nitrogens is 5. The number of thioether (sulfide) groups is 1. The first-order chi connectivity index (χ1) is 12.8. The molecule has 0 aliphatic heterocycles. The van der Waals surface area contributed by atoms with Crippen LogP contribution in [0.25, 0.3) is 21.7 Å². The van der Waals surface area contributed by atoms with Crippen LogP contribution in [0.3, 0.4) is 0 Å². The van der Waals surface area contributed by atoms with Gasteiger partial charge in [-0.2, -0.15) is 0 Å². The summed E-state index contributed by atoms with van der Waals surface area (Å²) < 4.78 is 2.31. The van der Waals surface area contributed by atoms with Gasteiger partial charge >= 0.3 is 0 Å². The molecule has 1 saturated carbocycles. The molecule has 5 nitrogen and oxygen atoms in total. The van der Waals surface area contributed by atoms with E-state index < -0.39 is 0 Å². The fraction of sp³-hybridized carbons (Fsp3) is 0.263. The van der Waals surface area contributed by atoms with Crippen molar-refractivity contribution in [3.63, 3.8) is 0 Å². The van der Waals surface area contributed by atoms with Crippen LogP contribution in [0.15, 0.2) is 46.9 Å². The molecular formula is C19H17N5S2. The van der Waals surface area contributed by atoms with E-state index in [0.29, 0.717) is 6.04 Å². The highest BCUT2D eigenvalue weighted by molar-refractivity contribution is 7.98. The first-order valence-corrected chi connectivity index (χ1v) is 10.5. The third kappa shape index (κ3) is 2.91. The standard InChI is InChI=1S/C19H17N5S2/c1-12-16(21-15-6-3-2-5-14(15)20-12)11-26-19-23-22-18(17-7-4-10-25-17)24(19)13-8-9-13/h2-7,10,13H,8-9,11H2,1H3. The van der Waals surface area contributed by atoms with E-state index >= 15 is 0 Å². The molecule has 1 fully saturated rings. The van der Waals surface area contributed by atoms with Crippen LogP contribution in [0.5, 0.6) is 0 Å². The van der Waals surface area contributed by atoms with Crippen LogP contribution < -0.4 is 0 Å². The summed E-state index contributed by atoms with van der Waals surface area (Å²) in [6, 6.07) is 12.7. The quantitative estimate of drug-likeness (QED) is 0.462. The molecule has 0 N–H and O–H groups in total. The Morgan fingerprint density at radius 3 is 2.62 bits per heavy atom. The summed E-state index contributed by atoms with van der Waals surface area (Å²) in [7, 11) is 0. The normalized spacial score (nSPS) is 14.2. The molecule has 0 unspecified atom stereocenters. The summed E-state index contributed by atoms with van der Waals surface area (Å²) in [5.41, 5.74) is 3.88. The Kier molecular flexibility index (Phi) is 3.98. The van der Waals surface area contributed by atoms with Crippen molar-refractivity contribution in [2.75, 3.05) is 0 Å². The zero-order valence-electron chi connectivity index (χ0n) is 14.3. The van der Waals surface area contributed by atoms with E-state index in [1.54, 1.807) is 23.1 Å². The molecule has 5 rings (SSSR count). The van der Waals surface area contributed by atoms with Gasteiger partial charge in [0.05, 0.1) is 27.3 Å². The number of thiophene rings is 1. The summed E-state index contributed by atoms with van der Waals surface area (Å²) in [6.45, 7) is 2.03. The first kappa shape index (κ1) is 16.0. The van der Waals surface area contributed by atoms with E-state index in [-0.39, 0.29) is 0 Å². The van der Waals surface area contributed by atoms with E-state index in [2.05, 4.69) is 37.3 Å². The number of rotatable bonds is 5. The molecular weight excluding hydrogens is 362 g/mol. The van der Waals surface area contributed by atoms with E-state index in [4.69, 9.17) is 4.98 Å². The Bertz CT molecular complexity index is 1070. The van der Waals surface area contributed by atoms with Crippen molar-refractivity contribution in [2.45, 2.75) is 36.7 Å². The number of aryl methyl sites for hydroxylation is 1. The van der Waals surface area contributed by atoms with Crippen molar-refractivity contribution in [1.29, 1.82) is 0 Å². The van der Waals surface area contributed by atoms with Gasteiger partial charge in [-0.1, -0.05) is 30.0 Å². The lowest BCUT2D eigenvalue weighted by Gasteiger charge is -2.09. The Morgan fingerprint density at radius 2 is 1.88 bits per heavy atom. The van der Waals surface area contributed by atoms with Gasteiger partial charge in [-0.05, 0) is 43.3 Å². The number of para-hydroxylation sites is 2. The minimum atomic E-state index is 0.536. The predicted molar refractivity (Wildman–Crippen MR) is 105 cm³/mol. The minimum absolute atomic E-state index is 0.536. The summed E-state index contributed by atoms with van der Waals surface area (Å²) in [5, 5.41) is 12.0. The molecule has 0 saturated heterocycles. The van der Waals surface area contributed by atoms with Crippen LogP contribution in [0.2, 0.25) is 0 Å². The summed E-state index contributed by atoms with van der Waals surface area (Å²) in [5.74, 6) is 1.74. The lowest BCUT2D eigenvalue weighted by molar-refractivity contribution is 0.670. The second-order valence-electron chi connectivity index (χ2n) is 6.42. The molecule has 0 atom stereocenters. The monoisotopic (exact) mass is 379 g/mol. The van der Waals surface area contributed by atoms with Gasteiger partial charge < -0.3 is 0 Å². The fourth-order valence-corrected chi connectivity index (χ4v) is 4.72. The zero-order chi connectivity index (χ0) is 17.5. The Balaban J connectivity index is 1.45. The van der Waals surface area contributed by atoms with Gasteiger partial charge in [-0.25, -0.2) is 9.97 Å². The number of benzene rings is 1. The molecule has 3 heterocycles. The van der Waals surface area contributed by atoms with Crippen LogP contribution >= 0.6 is 23.1 Å². The van der Waals surface area contributed by atoms with E-state index in [1.165, 1.54) is 17.7 Å². The highest BCUT2D eigenvalue weighted by atomic mass is 32.2.